The second-order valence-corrected chi connectivity index (χ2v) is 7.48. The molecule has 1 saturated heterocycles. The minimum atomic E-state index is -3.62. The number of hydrogen-bond donors (Lipinski definition) is 0. The number of morpholine rings is 1. The van der Waals surface area contributed by atoms with E-state index in [1.807, 2.05) is 6.92 Å². The molecule has 0 aromatic heterocycles. The number of anilines is 1. The van der Waals surface area contributed by atoms with Crippen molar-refractivity contribution >= 4 is 21.6 Å². The van der Waals surface area contributed by atoms with Gasteiger partial charge in [-0.25, -0.2) is 8.42 Å². The zero-order valence-electron chi connectivity index (χ0n) is 14.3. The third-order valence-corrected chi connectivity index (χ3v) is 5.14. The Hall–Kier alpha value is -1.80. The van der Waals surface area contributed by atoms with Gasteiger partial charge in [0.05, 0.1) is 32.3 Å². The summed E-state index contributed by atoms with van der Waals surface area (Å²) in [5.41, 5.74) is 0.451. The lowest BCUT2D eigenvalue weighted by atomic mass is 10.1. The lowest BCUT2D eigenvalue weighted by Gasteiger charge is -2.35. The summed E-state index contributed by atoms with van der Waals surface area (Å²) in [5.74, 6) is 0.432. The molecule has 1 aliphatic rings. The first-order chi connectivity index (χ1) is 11.4. The molecule has 1 aromatic rings. The number of methoxy groups -OCH3 is 1. The van der Waals surface area contributed by atoms with E-state index in [-0.39, 0.29) is 5.91 Å². The van der Waals surface area contributed by atoms with Gasteiger partial charge in [-0.1, -0.05) is 6.92 Å². The Morgan fingerprint density at radius 1 is 1.29 bits per heavy atom. The normalized spacial score (nSPS) is 16.5. The van der Waals surface area contributed by atoms with E-state index in [0.29, 0.717) is 44.2 Å². The van der Waals surface area contributed by atoms with E-state index in [9.17, 15) is 13.2 Å². The van der Waals surface area contributed by atoms with E-state index >= 15 is 0 Å². The smallest absolute Gasteiger partial charge is 0.246 e. The van der Waals surface area contributed by atoms with Gasteiger partial charge in [-0.05, 0) is 30.7 Å². The van der Waals surface area contributed by atoms with Crippen molar-refractivity contribution in [3.8, 4) is 5.75 Å². The molecule has 0 bridgehead atoms. The summed E-state index contributed by atoms with van der Waals surface area (Å²) in [5, 5.41) is 0. The summed E-state index contributed by atoms with van der Waals surface area (Å²) in [6, 6.07) is 5.88. The van der Waals surface area contributed by atoms with Gasteiger partial charge in [0.25, 0.3) is 0 Å². The van der Waals surface area contributed by atoms with Crippen molar-refractivity contribution in [2.45, 2.75) is 19.4 Å². The minimum Gasteiger partial charge on any atom is -0.497 e. The molecule has 0 spiro atoms. The van der Waals surface area contributed by atoms with Crippen molar-refractivity contribution in [2.24, 2.45) is 0 Å². The topological polar surface area (TPSA) is 76.2 Å². The molecule has 0 radical (unpaired) electrons. The second-order valence-electron chi connectivity index (χ2n) is 5.62. The Labute approximate surface area is 143 Å². The van der Waals surface area contributed by atoms with Gasteiger partial charge in [-0.2, -0.15) is 0 Å². The van der Waals surface area contributed by atoms with Gasteiger partial charge in [0.15, 0.2) is 0 Å². The summed E-state index contributed by atoms with van der Waals surface area (Å²) in [7, 11) is -2.08. The average Bonchev–Trinajstić information content (AvgIpc) is 2.59. The van der Waals surface area contributed by atoms with Gasteiger partial charge in [0.1, 0.15) is 11.8 Å². The van der Waals surface area contributed by atoms with Gasteiger partial charge < -0.3 is 14.4 Å². The molecule has 134 valence electrons. The molecular weight excluding hydrogens is 332 g/mol. The number of benzene rings is 1. The third-order valence-electron chi connectivity index (χ3n) is 3.96. The van der Waals surface area contributed by atoms with Crippen molar-refractivity contribution in [1.82, 2.24) is 4.90 Å². The first kappa shape index (κ1) is 18.5. The molecule has 0 unspecified atom stereocenters. The molecule has 1 aliphatic heterocycles. The quantitative estimate of drug-likeness (QED) is 0.763. The summed E-state index contributed by atoms with van der Waals surface area (Å²) in [6.45, 7) is 3.73. The molecule has 2 rings (SSSR count). The van der Waals surface area contributed by atoms with Crippen LogP contribution in [0.25, 0.3) is 0 Å². The van der Waals surface area contributed by atoms with Crippen molar-refractivity contribution in [2.75, 3.05) is 44.0 Å². The maximum absolute atomic E-state index is 12.9. The molecule has 0 N–H and O–H groups in total. The SMILES string of the molecule is CC[C@H](C(=O)N1CCOCC1)N(c1ccc(OC)cc1)S(C)(=O)=O. The van der Waals surface area contributed by atoms with Crippen LogP contribution in [0, 0.1) is 0 Å². The molecule has 1 aromatic carbocycles. The van der Waals surface area contributed by atoms with Crippen LogP contribution in [-0.4, -0.2) is 64.9 Å². The van der Waals surface area contributed by atoms with Crippen LogP contribution in [0.2, 0.25) is 0 Å². The molecule has 1 fully saturated rings. The Morgan fingerprint density at radius 2 is 1.88 bits per heavy atom. The highest BCUT2D eigenvalue weighted by atomic mass is 32.2. The number of rotatable bonds is 6. The molecule has 8 heteroatoms. The maximum atomic E-state index is 12.9. The fourth-order valence-electron chi connectivity index (χ4n) is 2.77. The highest BCUT2D eigenvalue weighted by Gasteiger charge is 2.34. The Bertz CT molecular complexity index is 654. The van der Waals surface area contributed by atoms with Crippen LogP contribution >= 0.6 is 0 Å². The predicted molar refractivity (Wildman–Crippen MR) is 91.8 cm³/mol. The first-order valence-electron chi connectivity index (χ1n) is 7.88. The van der Waals surface area contributed by atoms with Crippen LogP contribution in [0.15, 0.2) is 24.3 Å². The van der Waals surface area contributed by atoms with Crippen LogP contribution in [0.3, 0.4) is 0 Å². The maximum Gasteiger partial charge on any atom is 0.246 e. The van der Waals surface area contributed by atoms with E-state index in [1.165, 1.54) is 4.31 Å². The van der Waals surface area contributed by atoms with Gasteiger partial charge in [0, 0.05) is 13.1 Å². The second kappa shape index (κ2) is 7.85. The molecular formula is C16H24N2O5S. The van der Waals surface area contributed by atoms with Crippen LogP contribution < -0.4 is 9.04 Å². The molecule has 1 atom stereocenters. The number of hydrogen-bond acceptors (Lipinski definition) is 5. The number of sulfonamides is 1. The van der Waals surface area contributed by atoms with Crippen LogP contribution in [0.5, 0.6) is 5.75 Å². The fraction of sp³-hybridized carbons (Fsp3) is 0.562. The predicted octanol–water partition coefficient (Wildman–Crippen LogP) is 1.10. The number of carbonyl (C=O) groups is 1. The number of nitrogens with zero attached hydrogens (tertiary/aromatic N) is 2. The summed E-state index contributed by atoms with van der Waals surface area (Å²) in [6.07, 6.45) is 1.50. The van der Waals surface area contributed by atoms with Gasteiger partial charge >= 0.3 is 0 Å². The Morgan fingerprint density at radius 3 is 2.33 bits per heavy atom. The van der Waals surface area contributed by atoms with Crippen molar-refractivity contribution in [3.05, 3.63) is 24.3 Å². The van der Waals surface area contributed by atoms with E-state index in [2.05, 4.69) is 0 Å². The molecule has 0 saturated carbocycles. The van der Waals surface area contributed by atoms with Crippen LogP contribution in [0.4, 0.5) is 5.69 Å². The lowest BCUT2D eigenvalue weighted by Crippen LogP contribution is -2.53. The van der Waals surface area contributed by atoms with Gasteiger partial charge in [0.2, 0.25) is 15.9 Å². The third kappa shape index (κ3) is 4.18. The summed E-state index contributed by atoms with van der Waals surface area (Å²) in [4.78, 5) is 14.5. The van der Waals surface area contributed by atoms with Crippen molar-refractivity contribution in [3.63, 3.8) is 0 Å². The van der Waals surface area contributed by atoms with E-state index in [1.54, 1.807) is 36.3 Å². The van der Waals surface area contributed by atoms with Crippen LogP contribution in [0.1, 0.15) is 13.3 Å². The highest BCUT2D eigenvalue weighted by Crippen LogP contribution is 2.26. The summed E-state index contributed by atoms with van der Waals surface area (Å²) < 4.78 is 36.3. The molecule has 1 heterocycles. The van der Waals surface area contributed by atoms with Crippen molar-refractivity contribution < 1.29 is 22.7 Å². The van der Waals surface area contributed by atoms with Crippen LogP contribution in [-0.2, 0) is 19.6 Å². The number of amides is 1. The monoisotopic (exact) mass is 356 g/mol. The number of carbonyl (C=O) groups excluding carboxylic acids is 1. The van der Waals surface area contributed by atoms with E-state index in [0.717, 1.165) is 6.26 Å². The first-order valence-corrected chi connectivity index (χ1v) is 9.73. The highest BCUT2D eigenvalue weighted by molar-refractivity contribution is 7.92. The van der Waals surface area contributed by atoms with Gasteiger partial charge in [-0.15, -0.1) is 0 Å². The lowest BCUT2D eigenvalue weighted by molar-refractivity contribution is -0.136. The van der Waals surface area contributed by atoms with E-state index in [4.69, 9.17) is 9.47 Å². The molecule has 7 nitrogen and oxygen atoms in total. The van der Waals surface area contributed by atoms with Gasteiger partial charge in [-0.3, -0.25) is 9.10 Å². The minimum absolute atomic E-state index is 0.193. The van der Waals surface area contributed by atoms with Crippen molar-refractivity contribution in [1.29, 1.82) is 0 Å². The Kier molecular flexibility index (Phi) is 6.06. The zero-order chi connectivity index (χ0) is 17.7. The average molecular weight is 356 g/mol. The molecule has 1 amide bonds. The number of ether oxygens (including phenoxy) is 2. The Balaban J connectivity index is 2.35. The standard InChI is InChI=1S/C16H24N2O5S/c1-4-15(16(19)17-9-11-23-12-10-17)18(24(3,20)21)13-5-7-14(22-2)8-6-13/h5-8,15H,4,9-12H2,1-3H3/t15-/m1/s1. The fourth-order valence-corrected chi connectivity index (χ4v) is 3.97. The molecule has 24 heavy (non-hydrogen) atoms. The zero-order valence-corrected chi connectivity index (χ0v) is 15.1. The largest absolute Gasteiger partial charge is 0.497 e. The van der Waals surface area contributed by atoms with E-state index < -0.39 is 16.1 Å². The molecule has 0 aliphatic carbocycles. The summed E-state index contributed by atoms with van der Waals surface area (Å²) >= 11 is 0.